The lowest BCUT2D eigenvalue weighted by atomic mass is 9.76. The van der Waals surface area contributed by atoms with E-state index in [1.165, 1.54) is 12.5 Å². The van der Waals surface area contributed by atoms with E-state index in [1.54, 1.807) is 12.1 Å². The van der Waals surface area contributed by atoms with Crippen LogP contribution < -0.4 is 15.5 Å². The molecule has 3 rings (SSSR count). The first-order valence-electron chi connectivity index (χ1n) is 8.17. The Balaban J connectivity index is 1.75. The minimum absolute atomic E-state index is 0.221. The molecule has 0 unspecified atom stereocenters. The van der Waals surface area contributed by atoms with E-state index >= 15 is 0 Å². The van der Waals surface area contributed by atoms with Gasteiger partial charge in [-0.15, -0.1) is 0 Å². The first kappa shape index (κ1) is 15.6. The van der Waals surface area contributed by atoms with E-state index in [-0.39, 0.29) is 11.7 Å². The van der Waals surface area contributed by atoms with E-state index in [1.807, 2.05) is 11.1 Å². The number of amides is 1. The Labute approximate surface area is 135 Å². The molecule has 0 radical (unpaired) electrons. The summed E-state index contributed by atoms with van der Waals surface area (Å²) in [5.74, 6) is -0.486. The SMILES string of the molecule is N#CNC1(C(=O)Nc2ccc(F)c(N3CCCCC3)c2)CCC1. The van der Waals surface area contributed by atoms with E-state index in [0.29, 0.717) is 24.2 Å². The Hall–Kier alpha value is -2.29. The first-order chi connectivity index (χ1) is 11.1. The van der Waals surface area contributed by atoms with Crippen LogP contribution in [0.2, 0.25) is 0 Å². The summed E-state index contributed by atoms with van der Waals surface area (Å²) in [7, 11) is 0. The maximum Gasteiger partial charge on any atom is 0.250 e. The van der Waals surface area contributed by atoms with Crippen LogP contribution in [0, 0.1) is 17.3 Å². The van der Waals surface area contributed by atoms with Crippen LogP contribution in [-0.2, 0) is 4.79 Å². The number of piperidine rings is 1. The third kappa shape index (κ3) is 3.09. The van der Waals surface area contributed by atoms with Gasteiger partial charge in [0.05, 0.1) is 5.69 Å². The molecule has 1 aromatic carbocycles. The van der Waals surface area contributed by atoms with Crippen molar-refractivity contribution in [3.05, 3.63) is 24.0 Å². The van der Waals surface area contributed by atoms with E-state index in [4.69, 9.17) is 5.26 Å². The van der Waals surface area contributed by atoms with Crippen LogP contribution in [0.4, 0.5) is 15.8 Å². The Kier molecular flexibility index (Phi) is 4.37. The van der Waals surface area contributed by atoms with E-state index in [2.05, 4.69) is 10.6 Å². The molecule has 2 aliphatic rings. The van der Waals surface area contributed by atoms with Crippen LogP contribution >= 0.6 is 0 Å². The number of halogens is 1. The molecule has 0 spiro atoms. The fourth-order valence-corrected chi connectivity index (χ4v) is 3.26. The Morgan fingerprint density at radius 3 is 2.57 bits per heavy atom. The number of benzene rings is 1. The lowest BCUT2D eigenvalue weighted by Gasteiger charge is -2.38. The quantitative estimate of drug-likeness (QED) is 0.662. The molecule has 5 nitrogen and oxygen atoms in total. The summed E-state index contributed by atoms with van der Waals surface area (Å²) in [6.07, 6.45) is 7.38. The van der Waals surface area contributed by atoms with Gasteiger partial charge in [0, 0.05) is 18.8 Å². The number of nitrogens with one attached hydrogen (secondary N) is 2. The van der Waals surface area contributed by atoms with E-state index < -0.39 is 5.54 Å². The van der Waals surface area contributed by atoms with Gasteiger partial charge in [0.15, 0.2) is 6.19 Å². The van der Waals surface area contributed by atoms with Gasteiger partial charge in [-0.05, 0) is 56.7 Å². The smallest absolute Gasteiger partial charge is 0.250 e. The van der Waals surface area contributed by atoms with Gasteiger partial charge in [-0.1, -0.05) is 0 Å². The molecule has 1 amide bonds. The van der Waals surface area contributed by atoms with Crippen LogP contribution in [0.3, 0.4) is 0 Å². The molecule has 23 heavy (non-hydrogen) atoms. The molecule has 2 fully saturated rings. The largest absolute Gasteiger partial charge is 0.369 e. The van der Waals surface area contributed by atoms with Crippen molar-refractivity contribution in [3.8, 4) is 6.19 Å². The van der Waals surface area contributed by atoms with Gasteiger partial charge in [-0.3, -0.25) is 4.79 Å². The van der Waals surface area contributed by atoms with Crippen LogP contribution in [-0.4, -0.2) is 24.5 Å². The molecular weight excluding hydrogens is 295 g/mol. The van der Waals surface area contributed by atoms with Crippen molar-refractivity contribution in [2.75, 3.05) is 23.3 Å². The minimum atomic E-state index is -0.797. The van der Waals surface area contributed by atoms with Crippen molar-refractivity contribution in [1.29, 1.82) is 5.26 Å². The van der Waals surface area contributed by atoms with E-state index in [9.17, 15) is 9.18 Å². The van der Waals surface area contributed by atoms with Gasteiger partial charge in [0.1, 0.15) is 11.4 Å². The standard InChI is InChI=1S/C17H21FN4O/c18-14-6-5-13(11-15(14)22-9-2-1-3-10-22)21-16(23)17(20-12-19)7-4-8-17/h5-6,11,20H,1-4,7-10H2,(H,21,23). The molecule has 2 N–H and O–H groups in total. The second kappa shape index (κ2) is 6.45. The molecule has 1 saturated carbocycles. The van der Waals surface area contributed by atoms with Crippen molar-refractivity contribution < 1.29 is 9.18 Å². The number of anilines is 2. The maximum atomic E-state index is 14.1. The lowest BCUT2D eigenvalue weighted by Crippen LogP contribution is -2.57. The predicted octanol–water partition coefficient (Wildman–Crippen LogP) is 2.75. The maximum absolute atomic E-state index is 14.1. The number of carbonyl (C=O) groups excluding carboxylic acids is 1. The average molecular weight is 316 g/mol. The van der Waals surface area contributed by atoms with Gasteiger partial charge in [-0.2, -0.15) is 5.26 Å². The topological polar surface area (TPSA) is 68.2 Å². The molecule has 0 aromatic heterocycles. The third-order valence-corrected chi connectivity index (χ3v) is 4.84. The summed E-state index contributed by atoms with van der Waals surface area (Å²) in [5, 5.41) is 14.3. The van der Waals surface area contributed by atoms with Crippen LogP contribution in [0.25, 0.3) is 0 Å². The molecule has 1 saturated heterocycles. The normalized spacial score (nSPS) is 19.4. The van der Waals surface area contributed by atoms with Crippen molar-refractivity contribution in [1.82, 2.24) is 5.32 Å². The zero-order valence-electron chi connectivity index (χ0n) is 13.1. The molecule has 1 aromatic rings. The number of carbonyl (C=O) groups is 1. The number of hydrogen-bond donors (Lipinski definition) is 2. The van der Waals surface area contributed by atoms with Gasteiger partial charge in [0.2, 0.25) is 0 Å². The van der Waals surface area contributed by atoms with Crippen LogP contribution in [0.5, 0.6) is 0 Å². The second-order valence-electron chi connectivity index (χ2n) is 6.34. The molecule has 0 atom stereocenters. The number of rotatable bonds is 4. The van der Waals surface area contributed by atoms with Crippen molar-refractivity contribution in [2.45, 2.75) is 44.1 Å². The highest BCUT2D eigenvalue weighted by Gasteiger charge is 2.44. The van der Waals surface area contributed by atoms with Crippen molar-refractivity contribution in [3.63, 3.8) is 0 Å². The Morgan fingerprint density at radius 1 is 1.22 bits per heavy atom. The van der Waals surface area contributed by atoms with Gasteiger partial charge in [0.25, 0.3) is 5.91 Å². The van der Waals surface area contributed by atoms with Crippen molar-refractivity contribution in [2.24, 2.45) is 0 Å². The zero-order chi connectivity index (χ0) is 16.3. The van der Waals surface area contributed by atoms with Crippen molar-refractivity contribution >= 4 is 17.3 Å². The molecule has 0 bridgehead atoms. The predicted molar refractivity (Wildman–Crippen MR) is 86.4 cm³/mol. The first-order valence-corrected chi connectivity index (χ1v) is 8.17. The monoisotopic (exact) mass is 316 g/mol. The summed E-state index contributed by atoms with van der Waals surface area (Å²) < 4.78 is 14.1. The Bertz CT molecular complexity index is 630. The molecule has 1 aliphatic carbocycles. The average Bonchev–Trinajstić information content (AvgIpc) is 2.53. The lowest BCUT2D eigenvalue weighted by molar-refractivity contribution is -0.125. The number of hydrogen-bond acceptors (Lipinski definition) is 4. The molecule has 122 valence electrons. The molecule has 1 aliphatic heterocycles. The second-order valence-corrected chi connectivity index (χ2v) is 6.34. The zero-order valence-corrected chi connectivity index (χ0v) is 13.1. The Morgan fingerprint density at radius 2 is 1.96 bits per heavy atom. The fourth-order valence-electron chi connectivity index (χ4n) is 3.26. The summed E-state index contributed by atoms with van der Waals surface area (Å²) in [6.45, 7) is 1.68. The highest BCUT2D eigenvalue weighted by molar-refractivity contribution is 5.99. The summed E-state index contributed by atoms with van der Waals surface area (Å²) >= 11 is 0. The number of nitriles is 1. The summed E-state index contributed by atoms with van der Waals surface area (Å²) in [4.78, 5) is 14.5. The van der Waals surface area contributed by atoms with Gasteiger partial charge in [-0.25, -0.2) is 4.39 Å². The molecule has 6 heteroatoms. The fraction of sp³-hybridized carbons (Fsp3) is 0.529. The van der Waals surface area contributed by atoms with Crippen LogP contribution in [0.1, 0.15) is 38.5 Å². The number of nitrogens with zero attached hydrogens (tertiary/aromatic N) is 2. The van der Waals surface area contributed by atoms with Crippen LogP contribution in [0.15, 0.2) is 18.2 Å². The minimum Gasteiger partial charge on any atom is -0.369 e. The summed E-state index contributed by atoms with van der Waals surface area (Å²) in [5.41, 5.74) is 0.315. The van der Waals surface area contributed by atoms with Gasteiger partial charge >= 0.3 is 0 Å². The van der Waals surface area contributed by atoms with Gasteiger partial charge < -0.3 is 15.5 Å². The molecule has 1 heterocycles. The highest BCUT2D eigenvalue weighted by atomic mass is 19.1. The molecular formula is C17H21FN4O. The summed E-state index contributed by atoms with van der Waals surface area (Å²) in [6, 6.07) is 4.65. The third-order valence-electron chi connectivity index (χ3n) is 4.84. The van der Waals surface area contributed by atoms with E-state index in [0.717, 1.165) is 32.4 Å². The highest BCUT2D eigenvalue weighted by Crippen LogP contribution is 2.33.